The molecular weight excluding hydrogens is 356 g/mol. The molecule has 28 heavy (non-hydrogen) atoms. The molecule has 0 aliphatic carbocycles. The van der Waals surface area contributed by atoms with E-state index in [0.717, 1.165) is 51.1 Å². The molecule has 1 aromatic carbocycles. The Kier molecular flexibility index (Phi) is 5.65. The molecule has 6 heteroatoms. The summed E-state index contributed by atoms with van der Waals surface area (Å²) in [6.07, 6.45) is 5.70. The molecule has 2 amide bonds. The summed E-state index contributed by atoms with van der Waals surface area (Å²) in [6, 6.07) is 10.8. The lowest BCUT2D eigenvalue weighted by Gasteiger charge is -2.32. The maximum absolute atomic E-state index is 12.4. The third-order valence-corrected chi connectivity index (χ3v) is 5.52. The summed E-state index contributed by atoms with van der Waals surface area (Å²) < 4.78 is 11.2. The van der Waals surface area contributed by atoms with Crippen LogP contribution in [0.3, 0.4) is 0 Å². The minimum atomic E-state index is -0.0560. The Morgan fingerprint density at radius 1 is 0.964 bits per heavy atom. The zero-order valence-electron chi connectivity index (χ0n) is 16.0. The number of carbonyl (C=O) groups excluding carboxylic acids is 2. The average Bonchev–Trinajstić information content (AvgIpc) is 3.46. The van der Waals surface area contributed by atoms with Crippen molar-refractivity contribution in [2.45, 2.75) is 25.7 Å². The highest BCUT2D eigenvalue weighted by molar-refractivity contribution is 5.94. The van der Waals surface area contributed by atoms with E-state index < -0.39 is 0 Å². The van der Waals surface area contributed by atoms with Gasteiger partial charge in [-0.15, -0.1) is 0 Å². The first-order valence-electron chi connectivity index (χ1n) is 10.1. The summed E-state index contributed by atoms with van der Waals surface area (Å²) in [6.45, 7) is 3.69. The van der Waals surface area contributed by atoms with Gasteiger partial charge in [0.05, 0.1) is 12.9 Å². The molecular formula is C22H26N2O4. The summed E-state index contributed by atoms with van der Waals surface area (Å²) >= 11 is 0. The number of ether oxygens (including phenoxy) is 1. The van der Waals surface area contributed by atoms with Crippen molar-refractivity contribution in [1.29, 1.82) is 0 Å². The van der Waals surface area contributed by atoms with Gasteiger partial charge in [-0.2, -0.15) is 0 Å². The van der Waals surface area contributed by atoms with E-state index in [9.17, 15) is 9.59 Å². The van der Waals surface area contributed by atoms with Crippen molar-refractivity contribution >= 4 is 11.8 Å². The van der Waals surface area contributed by atoms with Gasteiger partial charge in [0.25, 0.3) is 11.8 Å². The molecule has 6 nitrogen and oxygen atoms in total. The SMILES string of the molecule is O=C(c1ccc(OCC2CCCN(C(=O)c3ccco3)C2)cc1)N1CCCC1. The fraction of sp³-hybridized carbons (Fsp3) is 0.455. The van der Waals surface area contributed by atoms with Crippen molar-refractivity contribution in [3.63, 3.8) is 0 Å². The Labute approximate surface area is 165 Å². The molecule has 1 atom stereocenters. The Morgan fingerprint density at radius 2 is 1.71 bits per heavy atom. The summed E-state index contributed by atoms with van der Waals surface area (Å²) in [5.41, 5.74) is 0.710. The van der Waals surface area contributed by atoms with Crippen LogP contribution in [0.1, 0.15) is 46.6 Å². The molecule has 3 heterocycles. The van der Waals surface area contributed by atoms with Crippen molar-refractivity contribution in [3.05, 3.63) is 54.0 Å². The van der Waals surface area contributed by atoms with Gasteiger partial charge in [-0.25, -0.2) is 0 Å². The van der Waals surface area contributed by atoms with Crippen molar-refractivity contribution in [1.82, 2.24) is 9.80 Å². The van der Waals surface area contributed by atoms with Gasteiger partial charge >= 0.3 is 0 Å². The summed E-state index contributed by atoms with van der Waals surface area (Å²) in [5, 5.41) is 0. The van der Waals surface area contributed by atoms with E-state index in [1.54, 1.807) is 12.1 Å². The second kappa shape index (κ2) is 8.50. The average molecular weight is 382 g/mol. The lowest BCUT2D eigenvalue weighted by atomic mass is 9.98. The van der Waals surface area contributed by atoms with Gasteiger partial charge in [0, 0.05) is 37.7 Å². The number of benzene rings is 1. The predicted octanol–water partition coefficient (Wildman–Crippen LogP) is 3.45. The number of nitrogens with zero attached hydrogens (tertiary/aromatic N) is 2. The van der Waals surface area contributed by atoms with E-state index in [1.807, 2.05) is 34.1 Å². The second-order valence-electron chi connectivity index (χ2n) is 7.57. The van der Waals surface area contributed by atoms with E-state index >= 15 is 0 Å². The fourth-order valence-electron chi connectivity index (χ4n) is 3.95. The maximum Gasteiger partial charge on any atom is 0.289 e. The number of hydrogen-bond donors (Lipinski definition) is 0. The lowest BCUT2D eigenvalue weighted by molar-refractivity contribution is 0.0602. The lowest BCUT2D eigenvalue weighted by Crippen LogP contribution is -2.41. The molecule has 0 N–H and O–H groups in total. The number of rotatable bonds is 5. The normalized spacial score (nSPS) is 19.6. The molecule has 2 aliphatic heterocycles. The molecule has 2 saturated heterocycles. The van der Waals surface area contributed by atoms with Crippen molar-refractivity contribution in [2.24, 2.45) is 5.92 Å². The van der Waals surface area contributed by atoms with E-state index in [2.05, 4.69) is 0 Å². The number of carbonyl (C=O) groups is 2. The molecule has 0 bridgehead atoms. The molecule has 0 radical (unpaired) electrons. The smallest absolute Gasteiger partial charge is 0.289 e. The highest BCUT2D eigenvalue weighted by Gasteiger charge is 2.26. The topological polar surface area (TPSA) is 63.0 Å². The van der Waals surface area contributed by atoms with Gasteiger partial charge in [0.1, 0.15) is 5.75 Å². The third-order valence-electron chi connectivity index (χ3n) is 5.52. The van der Waals surface area contributed by atoms with Crippen LogP contribution in [0.25, 0.3) is 0 Å². The molecule has 0 saturated carbocycles. The fourth-order valence-corrected chi connectivity index (χ4v) is 3.95. The van der Waals surface area contributed by atoms with Gasteiger partial charge in [-0.05, 0) is 62.1 Å². The molecule has 4 rings (SSSR count). The van der Waals surface area contributed by atoms with Crippen molar-refractivity contribution in [3.8, 4) is 5.75 Å². The van der Waals surface area contributed by atoms with Crippen LogP contribution < -0.4 is 4.74 Å². The van der Waals surface area contributed by atoms with Crippen LogP contribution >= 0.6 is 0 Å². The number of hydrogen-bond acceptors (Lipinski definition) is 4. The van der Waals surface area contributed by atoms with Crippen LogP contribution in [0.4, 0.5) is 0 Å². The van der Waals surface area contributed by atoms with Gasteiger partial charge in [-0.3, -0.25) is 9.59 Å². The zero-order valence-corrected chi connectivity index (χ0v) is 16.0. The standard InChI is InChI=1S/C22H26N2O4/c25-21(23-11-1-2-12-23)18-7-9-19(10-8-18)28-16-17-5-3-13-24(15-17)22(26)20-6-4-14-27-20/h4,6-10,14,17H,1-3,5,11-13,15-16H2. The monoisotopic (exact) mass is 382 g/mol. The van der Waals surface area contributed by atoms with E-state index in [0.29, 0.717) is 30.4 Å². The molecule has 0 spiro atoms. The molecule has 2 aliphatic rings. The minimum Gasteiger partial charge on any atom is -0.493 e. The molecule has 1 aromatic heterocycles. The summed E-state index contributed by atoms with van der Waals surface area (Å²) in [7, 11) is 0. The van der Waals surface area contributed by atoms with Crippen molar-refractivity contribution in [2.75, 3.05) is 32.8 Å². The Hall–Kier alpha value is -2.76. The zero-order chi connectivity index (χ0) is 19.3. The first-order chi connectivity index (χ1) is 13.7. The maximum atomic E-state index is 12.4. The quantitative estimate of drug-likeness (QED) is 0.795. The van der Waals surface area contributed by atoms with Crippen LogP contribution in [-0.2, 0) is 0 Å². The van der Waals surface area contributed by atoms with E-state index in [1.165, 1.54) is 6.26 Å². The van der Waals surface area contributed by atoms with Crippen LogP contribution in [-0.4, -0.2) is 54.4 Å². The highest BCUT2D eigenvalue weighted by Crippen LogP contribution is 2.22. The molecule has 1 unspecified atom stereocenters. The van der Waals surface area contributed by atoms with E-state index in [-0.39, 0.29) is 11.8 Å². The molecule has 2 fully saturated rings. The van der Waals surface area contributed by atoms with Crippen LogP contribution in [0.2, 0.25) is 0 Å². The summed E-state index contributed by atoms with van der Waals surface area (Å²) in [4.78, 5) is 28.6. The summed E-state index contributed by atoms with van der Waals surface area (Å²) in [5.74, 6) is 1.48. The highest BCUT2D eigenvalue weighted by atomic mass is 16.5. The second-order valence-corrected chi connectivity index (χ2v) is 7.57. The van der Waals surface area contributed by atoms with E-state index in [4.69, 9.17) is 9.15 Å². The first-order valence-corrected chi connectivity index (χ1v) is 10.1. The number of amides is 2. The van der Waals surface area contributed by atoms with Gasteiger partial charge < -0.3 is 19.0 Å². The van der Waals surface area contributed by atoms with Gasteiger partial charge in [0.2, 0.25) is 0 Å². The largest absolute Gasteiger partial charge is 0.493 e. The van der Waals surface area contributed by atoms with Crippen LogP contribution in [0.5, 0.6) is 5.75 Å². The Bertz CT molecular complexity index is 794. The molecule has 2 aromatic rings. The first kappa shape index (κ1) is 18.6. The third kappa shape index (κ3) is 4.21. The minimum absolute atomic E-state index is 0.0560. The van der Waals surface area contributed by atoms with Gasteiger partial charge in [-0.1, -0.05) is 0 Å². The Morgan fingerprint density at radius 3 is 2.43 bits per heavy atom. The Balaban J connectivity index is 1.29. The predicted molar refractivity (Wildman–Crippen MR) is 104 cm³/mol. The number of piperidine rings is 1. The number of furan rings is 1. The van der Waals surface area contributed by atoms with Crippen LogP contribution in [0, 0.1) is 5.92 Å². The van der Waals surface area contributed by atoms with Crippen LogP contribution in [0.15, 0.2) is 47.1 Å². The molecule has 148 valence electrons. The van der Waals surface area contributed by atoms with Gasteiger partial charge in [0.15, 0.2) is 5.76 Å². The number of likely N-dealkylation sites (tertiary alicyclic amines) is 2. The van der Waals surface area contributed by atoms with Crippen molar-refractivity contribution < 1.29 is 18.7 Å².